The summed E-state index contributed by atoms with van der Waals surface area (Å²) in [5, 5.41) is 2.60. The van der Waals surface area contributed by atoms with Gasteiger partial charge in [0.05, 0.1) is 5.56 Å². The Bertz CT molecular complexity index is 610. The molecule has 0 bridgehead atoms. The molecule has 0 heterocycles. The Morgan fingerprint density at radius 1 is 0.857 bits per heavy atom. The maximum atomic E-state index is 13.0. The fourth-order valence-corrected chi connectivity index (χ4v) is 1.67. The van der Waals surface area contributed by atoms with Gasteiger partial charge in [-0.3, -0.25) is 0 Å². The van der Waals surface area contributed by atoms with Gasteiger partial charge in [-0.05, 0) is 17.7 Å². The maximum absolute atomic E-state index is 13.0. The average Bonchev–Trinajstić information content (AvgIpc) is 2.42. The molecular formula is C14H9F6N. The highest BCUT2D eigenvalue weighted by Crippen LogP contribution is 2.29. The molecule has 112 valence electrons. The van der Waals surface area contributed by atoms with Crippen LogP contribution in [-0.2, 0) is 12.7 Å². The van der Waals surface area contributed by atoms with Crippen LogP contribution in [0.15, 0.2) is 36.4 Å². The number of alkyl halides is 3. The number of benzene rings is 2. The summed E-state index contributed by atoms with van der Waals surface area (Å²) in [7, 11) is 0. The monoisotopic (exact) mass is 305 g/mol. The number of hydrogen-bond acceptors (Lipinski definition) is 1. The predicted octanol–water partition coefficient (Wildman–Crippen LogP) is 4.73. The van der Waals surface area contributed by atoms with Crippen molar-refractivity contribution in [1.82, 2.24) is 0 Å². The lowest BCUT2D eigenvalue weighted by Crippen LogP contribution is -2.06. The van der Waals surface area contributed by atoms with E-state index in [-0.39, 0.29) is 12.2 Å². The Morgan fingerprint density at radius 3 is 1.86 bits per heavy atom. The summed E-state index contributed by atoms with van der Waals surface area (Å²) in [5.41, 5.74) is -0.315. The molecule has 0 fully saturated rings. The smallest absolute Gasteiger partial charge is 0.381 e. The SMILES string of the molecule is Fc1cc(NCc2ccc(C(F)(F)F)cc2)cc(F)c1F. The van der Waals surface area contributed by atoms with E-state index in [4.69, 9.17) is 0 Å². The van der Waals surface area contributed by atoms with E-state index >= 15 is 0 Å². The summed E-state index contributed by atoms with van der Waals surface area (Å²) in [6.07, 6.45) is -4.42. The fourth-order valence-electron chi connectivity index (χ4n) is 1.67. The Labute approximate surface area is 116 Å². The van der Waals surface area contributed by atoms with Crippen LogP contribution in [0.4, 0.5) is 32.0 Å². The molecule has 0 saturated carbocycles. The molecule has 0 spiro atoms. The fraction of sp³-hybridized carbons (Fsp3) is 0.143. The first-order valence-electron chi connectivity index (χ1n) is 5.82. The maximum Gasteiger partial charge on any atom is 0.416 e. The quantitative estimate of drug-likeness (QED) is 0.638. The van der Waals surface area contributed by atoms with Gasteiger partial charge in [-0.25, -0.2) is 13.2 Å². The van der Waals surface area contributed by atoms with Crippen LogP contribution in [0.3, 0.4) is 0 Å². The number of anilines is 1. The van der Waals surface area contributed by atoms with Crippen molar-refractivity contribution in [2.75, 3.05) is 5.32 Å². The van der Waals surface area contributed by atoms with E-state index in [0.717, 1.165) is 24.3 Å². The summed E-state index contributed by atoms with van der Waals surface area (Å²) in [4.78, 5) is 0. The van der Waals surface area contributed by atoms with Crippen LogP contribution in [0.2, 0.25) is 0 Å². The first-order chi connectivity index (χ1) is 9.77. The summed E-state index contributed by atoms with van der Waals surface area (Å²) in [5.74, 6) is -4.26. The molecule has 2 aromatic rings. The molecule has 0 aliphatic carbocycles. The van der Waals surface area contributed by atoms with Gasteiger partial charge in [0.15, 0.2) is 17.5 Å². The van der Waals surface area contributed by atoms with Crippen molar-refractivity contribution in [3.05, 3.63) is 65.0 Å². The molecule has 0 aromatic heterocycles. The summed E-state index contributed by atoms with van der Waals surface area (Å²) in [6.45, 7) is 0.0443. The van der Waals surface area contributed by atoms with Crippen molar-refractivity contribution >= 4 is 5.69 Å². The van der Waals surface area contributed by atoms with E-state index in [1.165, 1.54) is 12.1 Å². The number of hydrogen-bond donors (Lipinski definition) is 1. The molecule has 0 radical (unpaired) electrons. The van der Waals surface area contributed by atoms with Gasteiger partial charge in [0, 0.05) is 24.4 Å². The van der Waals surface area contributed by atoms with Gasteiger partial charge in [-0.2, -0.15) is 13.2 Å². The molecule has 0 unspecified atom stereocenters. The molecule has 0 aliphatic rings. The van der Waals surface area contributed by atoms with Crippen molar-refractivity contribution in [2.45, 2.75) is 12.7 Å². The third kappa shape index (κ3) is 3.68. The molecule has 7 heteroatoms. The first-order valence-corrected chi connectivity index (χ1v) is 5.82. The topological polar surface area (TPSA) is 12.0 Å². The highest BCUT2D eigenvalue weighted by atomic mass is 19.4. The van der Waals surface area contributed by atoms with Gasteiger partial charge in [0.25, 0.3) is 0 Å². The van der Waals surface area contributed by atoms with Gasteiger partial charge in [0.1, 0.15) is 0 Å². The molecule has 2 rings (SSSR count). The lowest BCUT2D eigenvalue weighted by atomic mass is 10.1. The second kappa shape index (κ2) is 5.67. The number of rotatable bonds is 3. The van der Waals surface area contributed by atoms with Gasteiger partial charge < -0.3 is 5.32 Å². The molecular weight excluding hydrogens is 296 g/mol. The minimum atomic E-state index is -4.42. The molecule has 1 nitrogen and oxygen atoms in total. The number of nitrogens with one attached hydrogen (secondary N) is 1. The Morgan fingerprint density at radius 2 is 1.38 bits per heavy atom. The Kier molecular flexibility index (Phi) is 4.11. The lowest BCUT2D eigenvalue weighted by Gasteiger charge is -2.10. The molecule has 0 aliphatic heterocycles. The van der Waals surface area contributed by atoms with Gasteiger partial charge in [-0.15, -0.1) is 0 Å². The van der Waals surface area contributed by atoms with E-state index in [1.807, 2.05) is 0 Å². The Balaban J connectivity index is 2.07. The van der Waals surface area contributed by atoms with Crippen molar-refractivity contribution < 1.29 is 26.3 Å². The van der Waals surface area contributed by atoms with Gasteiger partial charge >= 0.3 is 6.18 Å². The van der Waals surface area contributed by atoms with Crippen LogP contribution in [-0.4, -0.2) is 0 Å². The zero-order chi connectivity index (χ0) is 15.6. The average molecular weight is 305 g/mol. The van der Waals surface area contributed by atoms with E-state index in [2.05, 4.69) is 5.32 Å². The minimum absolute atomic E-state index is 0.00806. The molecule has 0 saturated heterocycles. The van der Waals surface area contributed by atoms with E-state index in [9.17, 15) is 26.3 Å². The summed E-state index contributed by atoms with van der Waals surface area (Å²) in [6, 6.07) is 5.83. The molecule has 0 amide bonds. The zero-order valence-corrected chi connectivity index (χ0v) is 10.4. The summed E-state index contributed by atoms with van der Waals surface area (Å²) >= 11 is 0. The second-order valence-electron chi connectivity index (χ2n) is 4.30. The summed E-state index contributed by atoms with van der Waals surface area (Å²) < 4.78 is 75.8. The lowest BCUT2D eigenvalue weighted by molar-refractivity contribution is -0.137. The van der Waals surface area contributed by atoms with Crippen molar-refractivity contribution in [3.8, 4) is 0 Å². The molecule has 0 atom stereocenters. The minimum Gasteiger partial charge on any atom is -0.381 e. The van der Waals surface area contributed by atoms with E-state index in [0.29, 0.717) is 5.56 Å². The predicted molar refractivity (Wildman–Crippen MR) is 65.1 cm³/mol. The van der Waals surface area contributed by atoms with Crippen LogP contribution < -0.4 is 5.32 Å². The highest BCUT2D eigenvalue weighted by Gasteiger charge is 2.29. The van der Waals surface area contributed by atoms with Crippen LogP contribution in [0.1, 0.15) is 11.1 Å². The molecule has 2 aromatic carbocycles. The third-order valence-electron chi connectivity index (χ3n) is 2.76. The van der Waals surface area contributed by atoms with E-state index in [1.54, 1.807) is 0 Å². The second-order valence-corrected chi connectivity index (χ2v) is 4.30. The van der Waals surface area contributed by atoms with E-state index < -0.39 is 29.2 Å². The molecule has 21 heavy (non-hydrogen) atoms. The first kappa shape index (κ1) is 15.2. The largest absolute Gasteiger partial charge is 0.416 e. The van der Waals surface area contributed by atoms with Crippen molar-refractivity contribution in [3.63, 3.8) is 0 Å². The standard InChI is InChI=1S/C14H9F6N/c15-11-5-10(6-12(16)13(11)17)21-7-8-1-3-9(4-2-8)14(18,19)20/h1-6,21H,7H2. The zero-order valence-electron chi connectivity index (χ0n) is 10.4. The van der Waals surface area contributed by atoms with Crippen LogP contribution in [0.5, 0.6) is 0 Å². The third-order valence-corrected chi connectivity index (χ3v) is 2.76. The van der Waals surface area contributed by atoms with Gasteiger partial charge in [-0.1, -0.05) is 12.1 Å². The van der Waals surface area contributed by atoms with Crippen LogP contribution >= 0.6 is 0 Å². The Hall–Kier alpha value is -2.18. The highest BCUT2D eigenvalue weighted by molar-refractivity contribution is 5.44. The van der Waals surface area contributed by atoms with Crippen LogP contribution in [0, 0.1) is 17.5 Å². The van der Waals surface area contributed by atoms with Gasteiger partial charge in [0.2, 0.25) is 0 Å². The molecule has 1 N–H and O–H groups in total. The van der Waals surface area contributed by atoms with Crippen LogP contribution in [0.25, 0.3) is 0 Å². The van der Waals surface area contributed by atoms with Crippen molar-refractivity contribution in [2.24, 2.45) is 0 Å². The van der Waals surface area contributed by atoms with Crippen molar-refractivity contribution in [1.29, 1.82) is 0 Å². The normalized spacial score (nSPS) is 11.5. The number of halogens is 6.